The predicted molar refractivity (Wildman–Crippen MR) is 82.6 cm³/mol. The highest BCUT2D eigenvalue weighted by atomic mass is 16.7. The average Bonchev–Trinajstić information content (AvgIpc) is 3.09. The number of fused-ring (bicyclic) bond motifs is 3. The molecule has 1 aliphatic heterocycles. The van der Waals surface area contributed by atoms with Crippen LogP contribution < -0.4 is 0 Å². The minimum atomic E-state index is -0.612. The highest BCUT2D eigenvalue weighted by molar-refractivity contribution is 6.05. The second kappa shape index (κ2) is 4.58. The molecule has 0 radical (unpaired) electrons. The molecule has 22 heavy (non-hydrogen) atoms. The zero-order valence-electron chi connectivity index (χ0n) is 12.5. The topological polar surface area (TPSA) is 52.0 Å². The van der Waals surface area contributed by atoms with Crippen LogP contribution in [0.5, 0.6) is 0 Å². The van der Waals surface area contributed by atoms with Crippen LogP contribution in [-0.4, -0.2) is 18.7 Å². The monoisotopic (exact) mass is 296 g/mol. The van der Waals surface area contributed by atoms with E-state index in [1.807, 2.05) is 49.4 Å². The molecule has 0 saturated carbocycles. The van der Waals surface area contributed by atoms with Gasteiger partial charge in [-0.1, -0.05) is 24.3 Å². The van der Waals surface area contributed by atoms with Crippen molar-refractivity contribution in [2.75, 3.05) is 6.61 Å². The van der Waals surface area contributed by atoms with Gasteiger partial charge in [0.15, 0.2) is 6.10 Å². The lowest BCUT2D eigenvalue weighted by atomic mass is 9.95. The number of hydrogen-bond donors (Lipinski definition) is 0. The minimum absolute atomic E-state index is 0.304. The third-order valence-corrected chi connectivity index (χ3v) is 4.26. The van der Waals surface area contributed by atoms with E-state index in [1.165, 1.54) is 0 Å². The number of esters is 1. The summed E-state index contributed by atoms with van der Waals surface area (Å²) in [5, 5.41) is 2.10. The Labute approximate surface area is 127 Å². The van der Waals surface area contributed by atoms with Crippen LogP contribution in [0.2, 0.25) is 0 Å². The van der Waals surface area contributed by atoms with Crippen LogP contribution in [0.15, 0.2) is 46.9 Å². The van der Waals surface area contributed by atoms with E-state index in [2.05, 4.69) is 0 Å². The van der Waals surface area contributed by atoms with Crippen molar-refractivity contribution in [3.63, 3.8) is 0 Å². The zero-order valence-corrected chi connectivity index (χ0v) is 12.5. The fraction of sp³-hybridized carbons (Fsp3) is 0.278. The van der Waals surface area contributed by atoms with Crippen LogP contribution in [0.4, 0.5) is 0 Å². The normalized spacial score (nSPS) is 23.8. The lowest BCUT2D eigenvalue weighted by molar-refractivity contribution is -0.144. The second-order valence-corrected chi connectivity index (χ2v) is 5.67. The fourth-order valence-electron chi connectivity index (χ4n) is 2.96. The molecule has 1 aliphatic rings. The van der Waals surface area contributed by atoms with E-state index < -0.39 is 11.7 Å². The van der Waals surface area contributed by atoms with Gasteiger partial charge in [-0.25, -0.2) is 4.79 Å². The number of carbonyl (C=O) groups is 1. The second-order valence-electron chi connectivity index (χ2n) is 5.67. The van der Waals surface area contributed by atoms with Gasteiger partial charge in [0.2, 0.25) is 0 Å². The van der Waals surface area contributed by atoms with Crippen LogP contribution in [-0.2, 0) is 19.9 Å². The molecule has 1 fully saturated rings. The molecule has 4 rings (SSSR count). The molecule has 1 aromatic heterocycles. The van der Waals surface area contributed by atoms with E-state index in [9.17, 15) is 4.79 Å². The summed E-state index contributed by atoms with van der Waals surface area (Å²) < 4.78 is 16.5. The Morgan fingerprint density at radius 3 is 2.77 bits per heavy atom. The molecule has 0 bridgehead atoms. The van der Waals surface area contributed by atoms with E-state index >= 15 is 0 Å². The number of hydrogen-bond acceptors (Lipinski definition) is 4. The molecule has 2 atom stereocenters. The van der Waals surface area contributed by atoms with E-state index in [0.717, 1.165) is 27.5 Å². The van der Waals surface area contributed by atoms with Crippen LogP contribution in [0.1, 0.15) is 19.4 Å². The first kappa shape index (κ1) is 13.3. The van der Waals surface area contributed by atoms with E-state index in [1.54, 1.807) is 6.92 Å². The molecular weight excluding hydrogens is 280 g/mol. The molecule has 4 heteroatoms. The van der Waals surface area contributed by atoms with E-state index in [4.69, 9.17) is 13.9 Å². The standard InChI is InChI=1S/C18H16O4/c1-3-20-17(19)16-18(2,22-16)11-8-9-15-13(10-11)12-6-4-5-7-14(12)21-15/h4-10,16H,3H2,1-2H3. The molecule has 0 amide bonds. The van der Waals surface area contributed by atoms with E-state index in [0.29, 0.717) is 6.61 Å². The van der Waals surface area contributed by atoms with Crippen LogP contribution in [0, 0.1) is 0 Å². The Hall–Kier alpha value is -2.33. The van der Waals surface area contributed by atoms with Crippen molar-refractivity contribution in [3.05, 3.63) is 48.0 Å². The number of carbonyl (C=O) groups excluding carboxylic acids is 1. The van der Waals surface area contributed by atoms with Crippen molar-refractivity contribution in [1.29, 1.82) is 0 Å². The predicted octanol–water partition coefficient (Wildman–Crippen LogP) is 3.76. The van der Waals surface area contributed by atoms with Gasteiger partial charge in [0, 0.05) is 10.8 Å². The Morgan fingerprint density at radius 2 is 1.95 bits per heavy atom. The minimum Gasteiger partial charge on any atom is -0.464 e. The maximum Gasteiger partial charge on any atom is 0.338 e. The summed E-state index contributed by atoms with van der Waals surface area (Å²) in [6.07, 6.45) is -0.525. The Balaban J connectivity index is 1.77. The number of ether oxygens (including phenoxy) is 2. The summed E-state index contributed by atoms with van der Waals surface area (Å²) in [6, 6.07) is 13.8. The molecule has 2 aromatic carbocycles. The Morgan fingerprint density at radius 1 is 1.18 bits per heavy atom. The third kappa shape index (κ3) is 1.84. The summed E-state index contributed by atoms with van der Waals surface area (Å²) in [5.41, 5.74) is 2.05. The zero-order chi connectivity index (χ0) is 15.3. The highest BCUT2D eigenvalue weighted by Gasteiger charge is 2.59. The number of benzene rings is 2. The Kier molecular flexibility index (Phi) is 2.78. The quantitative estimate of drug-likeness (QED) is 0.545. The maximum absolute atomic E-state index is 11.9. The number of para-hydroxylation sites is 1. The first-order valence-corrected chi connectivity index (χ1v) is 7.39. The first-order chi connectivity index (χ1) is 10.6. The molecule has 2 heterocycles. The fourth-order valence-corrected chi connectivity index (χ4v) is 2.96. The third-order valence-electron chi connectivity index (χ3n) is 4.26. The maximum atomic E-state index is 11.9. The molecular formula is C18H16O4. The average molecular weight is 296 g/mol. The van der Waals surface area contributed by atoms with Gasteiger partial charge in [-0.2, -0.15) is 0 Å². The SMILES string of the molecule is CCOC(=O)C1OC1(C)c1ccc2oc3ccccc3c2c1. The van der Waals surface area contributed by atoms with Crippen molar-refractivity contribution in [3.8, 4) is 0 Å². The van der Waals surface area contributed by atoms with Crippen molar-refractivity contribution < 1.29 is 18.7 Å². The molecule has 4 nitrogen and oxygen atoms in total. The highest BCUT2D eigenvalue weighted by Crippen LogP contribution is 2.47. The first-order valence-electron chi connectivity index (χ1n) is 7.39. The molecule has 1 saturated heterocycles. The van der Waals surface area contributed by atoms with Gasteiger partial charge in [0.1, 0.15) is 16.8 Å². The van der Waals surface area contributed by atoms with Crippen LogP contribution >= 0.6 is 0 Å². The summed E-state index contributed by atoms with van der Waals surface area (Å²) in [6.45, 7) is 4.07. The largest absolute Gasteiger partial charge is 0.464 e. The molecule has 2 unspecified atom stereocenters. The van der Waals surface area contributed by atoms with Gasteiger partial charge in [0.05, 0.1) is 6.61 Å². The van der Waals surface area contributed by atoms with Gasteiger partial charge in [0.25, 0.3) is 0 Å². The lowest BCUT2D eigenvalue weighted by Gasteiger charge is -2.06. The molecule has 3 aromatic rings. The number of epoxide rings is 1. The molecule has 112 valence electrons. The van der Waals surface area contributed by atoms with Gasteiger partial charge < -0.3 is 13.9 Å². The lowest BCUT2D eigenvalue weighted by Crippen LogP contribution is -2.18. The van der Waals surface area contributed by atoms with Crippen molar-refractivity contribution in [2.24, 2.45) is 0 Å². The van der Waals surface area contributed by atoms with Gasteiger partial charge in [-0.3, -0.25) is 0 Å². The number of furan rings is 1. The van der Waals surface area contributed by atoms with Crippen LogP contribution in [0.3, 0.4) is 0 Å². The van der Waals surface area contributed by atoms with Gasteiger partial charge in [-0.15, -0.1) is 0 Å². The van der Waals surface area contributed by atoms with Crippen molar-refractivity contribution in [2.45, 2.75) is 25.6 Å². The summed E-state index contributed by atoms with van der Waals surface area (Å²) in [7, 11) is 0. The summed E-state index contributed by atoms with van der Waals surface area (Å²) in [5.74, 6) is -0.304. The smallest absolute Gasteiger partial charge is 0.338 e. The molecule has 0 N–H and O–H groups in total. The van der Waals surface area contributed by atoms with Gasteiger partial charge in [-0.05, 0) is 37.6 Å². The molecule has 0 spiro atoms. The van der Waals surface area contributed by atoms with Gasteiger partial charge >= 0.3 is 5.97 Å². The molecule has 0 aliphatic carbocycles. The summed E-state index contributed by atoms with van der Waals surface area (Å²) >= 11 is 0. The Bertz CT molecular complexity index is 879. The van der Waals surface area contributed by atoms with Crippen LogP contribution in [0.25, 0.3) is 21.9 Å². The van der Waals surface area contributed by atoms with Crippen molar-refractivity contribution in [1.82, 2.24) is 0 Å². The van der Waals surface area contributed by atoms with Crippen molar-refractivity contribution >= 4 is 27.9 Å². The summed E-state index contributed by atoms with van der Waals surface area (Å²) in [4.78, 5) is 11.9. The number of rotatable bonds is 3. The van der Waals surface area contributed by atoms with E-state index in [-0.39, 0.29) is 5.97 Å².